The van der Waals surface area contributed by atoms with Gasteiger partial charge in [-0.2, -0.15) is 4.31 Å². The number of rotatable bonds is 5. The molecule has 0 amide bonds. The van der Waals surface area contributed by atoms with E-state index in [0.29, 0.717) is 13.1 Å². The Hall–Kier alpha value is -0.950. The minimum Gasteiger partial charge on any atom is -0.395 e. The van der Waals surface area contributed by atoms with Crippen LogP contribution in [0, 0.1) is 0 Å². The van der Waals surface area contributed by atoms with Crippen molar-refractivity contribution in [2.75, 3.05) is 13.2 Å². The number of hydrogen-bond acceptors (Lipinski definition) is 4. The fourth-order valence-electron chi connectivity index (χ4n) is 2.53. The first-order valence-electron chi connectivity index (χ1n) is 6.45. The number of hydrogen-bond donors (Lipinski definition) is 2. The highest BCUT2D eigenvalue weighted by molar-refractivity contribution is 7.88. The molecule has 1 fully saturated rings. The highest BCUT2D eigenvalue weighted by Crippen LogP contribution is 2.24. The average molecular weight is 284 g/mol. The second kappa shape index (κ2) is 6.00. The van der Waals surface area contributed by atoms with Crippen molar-refractivity contribution >= 4 is 10.0 Å². The first-order chi connectivity index (χ1) is 9.08. The van der Waals surface area contributed by atoms with Gasteiger partial charge in [0.05, 0.1) is 12.4 Å². The summed E-state index contributed by atoms with van der Waals surface area (Å²) in [7, 11) is -3.39. The summed E-state index contributed by atoms with van der Waals surface area (Å²) in [6, 6.07) is 7.04. The molecule has 1 aromatic carbocycles. The second-order valence-electron chi connectivity index (χ2n) is 4.82. The summed E-state index contributed by atoms with van der Waals surface area (Å²) in [6.45, 7) is 0.714. The molecule has 1 aliphatic heterocycles. The van der Waals surface area contributed by atoms with E-state index in [0.717, 1.165) is 24.0 Å². The Bertz CT molecular complexity index is 530. The van der Waals surface area contributed by atoms with Gasteiger partial charge >= 0.3 is 0 Å². The molecule has 6 heteroatoms. The van der Waals surface area contributed by atoms with Gasteiger partial charge in [0.2, 0.25) is 10.0 Å². The van der Waals surface area contributed by atoms with Gasteiger partial charge in [-0.15, -0.1) is 0 Å². The average Bonchev–Trinajstić information content (AvgIpc) is 2.88. The van der Waals surface area contributed by atoms with E-state index in [-0.39, 0.29) is 18.4 Å². The summed E-state index contributed by atoms with van der Waals surface area (Å²) in [5.74, 6) is -0.0448. The summed E-state index contributed by atoms with van der Waals surface area (Å²) in [6.07, 6.45) is 1.54. The molecule has 3 N–H and O–H groups in total. The van der Waals surface area contributed by atoms with E-state index in [1.54, 1.807) is 6.07 Å². The van der Waals surface area contributed by atoms with Crippen LogP contribution in [0.3, 0.4) is 0 Å². The van der Waals surface area contributed by atoms with Gasteiger partial charge in [0.1, 0.15) is 0 Å². The summed E-state index contributed by atoms with van der Waals surface area (Å²) in [5, 5.41) is 9.24. The van der Waals surface area contributed by atoms with E-state index in [9.17, 15) is 13.5 Å². The number of benzene rings is 1. The van der Waals surface area contributed by atoms with Crippen LogP contribution in [0.2, 0.25) is 0 Å². The smallest absolute Gasteiger partial charge is 0.218 e. The van der Waals surface area contributed by atoms with Gasteiger partial charge in [-0.3, -0.25) is 0 Å². The predicted molar refractivity (Wildman–Crippen MR) is 73.8 cm³/mol. The maximum Gasteiger partial charge on any atom is 0.218 e. The predicted octanol–water partition coefficient (Wildman–Crippen LogP) is 0.432. The zero-order valence-electron chi connectivity index (χ0n) is 10.8. The maximum atomic E-state index is 12.4. The summed E-state index contributed by atoms with van der Waals surface area (Å²) < 4.78 is 26.3. The Morgan fingerprint density at radius 3 is 2.63 bits per heavy atom. The molecule has 0 spiro atoms. The van der Waals surface area contributed by atoms with E-state index in [4.69, 9.17) is 5.73 Å². The standard InChI is InChI=1S/C13H20N2O3S/c14-8-11-4-1-2-5-12(11)10-19(17,18)15-7-3-6-13(15)9-16/h1-2,4-5,13,16H,3,6-10,14H2. The van der Waals surface area contributed by atoms with Crippen LogP contribution in [0.15, 0.2) is 24.3 Å². The maximum absolute atomic E-state index is 12.4. The second-order valence-corrected chi connectivity index (χ2v) is 6.74. The monoisotopic (exact) mass is 284 g/mol. The highest BCUT2D eigenvalue weighted by atomic mass is 32.2. The number of aliphatic hydroxyl groups excluding tert-OH is 1. The number of nitrogens with zero attached hydrogens (tertiary/aromatic N) is 1. The molecule has 0 saturated carbocycles. The SMILES string of the molecule is NCc1ccccc1CS(=O)(=O)N1CCCC1CO. The molecule has 0 aliphatic carbocycles. The van der Waals surface area contributed by atoms with Crippen LogP contribution in [-0.2, 0) is 22.3 Å². The summed E-state index contributed by atoms with van der Waals surface area (Å²) >= 11 is 0. The molecule has 1 aromatic rings. The number of nitrogens with two attached hydrogens (primary N) is 1. The molecule has 1 atom stereocenters. The molecule has 2 rings (SSSR count). The normalized spacial score (nSPS) is 20.8. The van der Waals surface area contributed by atoms with Crippen LogP contribution in [-0.4, -0.2) is 37.0 Å². The Morgan fingerprint density at radius 2 is 2.00 bits per heavy atom. The van der Waals surface area contributed by atoms with Crippen molar-refractivity contribution in [2.24, 2.45) is 5.73 Å². The van der Waals surface area contributed by atoms with Gasteiger partial charge in [0.25, 0.3) is 0 Å². The van der Waals surface area contributed by atoms with Crippen molar-refractivity contribution in [1.29, 1.82) is 0 Å². The molecule has 0 aromatic heterocycles. The molecule has 1 heterocycles. The molecule has 19 heavy (non-hydrogen) atoms. The van der Waals surface area contributed by atoms with E-state index in [1.807, 2.05) is 18.2 Å². The van der Waals surface area contributed by atoms with Gasteiger partial charge in [0, 0.05) is 19.1 Å². The third-order valence-corrected chi connectivity index (χ3v) is 5.44. The minimum absolute atomic E-state index is 0.0448. The highest BCUT2D eigenvalue weighted by Gasteiger charge is 2.33. The first kappa shape index (κ1) is 14.5. The quantitative estimate of drug-likeness (QED) is 0.821. The first-order valence-corrected chi connectivity index (χ1v) is 8.06. The van der Waals surface area contributed by atoms with Gasteiger partial charge in [0.15, 0.2) is 0 Å². The fourth-order valence-corrected chi connectivity index (χ4v) is 4.41. The topological polar surface area (TPSA) is 83.6 Å². The molecular formula is C13H20N2O3S. The molecular weight excluding hydrogens is 264 g/mol. The van der Waals surface area contributed by atoms with Crippen molar-refractivity contribution in [3.8, 4) is 0 Å². The van der Waals surface area contributed by atoms with Crippen molar-refractivity contribution < 1.29 is 13.5 Å². The van der Waals surface area contributed by atoms with E-state index >= 15 is 0 Å². The van der Waals surface area contributed by atoms with E-state index in [1.165, 1.54) is 4.31 Å². The molecule has 1 aliphatic rings. The van der Waals surface area contributed by atoms with E-state index in [2.05, 4.69) is 0 Å². The van der Waals surface area contributed by atoms with Gasteiger partial charge < -0.3 is 10.8 Å². The Balaban J connectivity index is 2.21. The molecule has 1 saturated heterocycles. The van der Waals surface area contributed by atoms with Crippen LogP contribution in [0.1, 0.15) is 24.0 Å². The Morgan fingerprint density at radius 1 is 1.32 bits per heavy atom. The van der Waals surface area contributed by atoms with Crippen molar-refractivity contribution in [2.45, 2.75) is 31.2 Å². The molecule has 1 unspecified atom stereocenters. The lowest BCUT2D eigenvalue weighted by atomic mass is 10.1. The Labute approximate surface area is 114 Å². The lowest BCUT2D eigenvalue weighted by Crippen LogP contribution is -2.38. The zero-order chi connectivity index (χ0) is 13.9. The Kier molecular flexibility index (Phi) is 4.57. The van der Waals surface area contributed by atoms with Crippen molar-refractivity contribution in [1.82, 2.24) is 4.31 Å². The summed E-state index contributed by atoms with van der Waals surface area (Å²) in [4.78, 5) is 0. The van der Waals surface area contributed by atoms with E-state index < -0.39 is 10.0 Å². The lowest BCUT2D eigenvalue weighted by molar-refractivity contribution is 0.213. The lowest BCUT2D eigenvalue weighted by Gasteiger charge is -2.23. The van der Waals surface area contributed by atoms with Crippen LogP contribution in [0.25, 0.3) is 0 Å². The molecule has 5 nitrogen and oxygen atoms in total. The van der Waals surface area contributed by atoms with Crippen molar-refractivity contribution in [3.63, 3.8) is 0 Å². The van der Waals surface area contributed by atoms with Crippen LogP contribution in [0.5, 0.6) is 0 Å². The van der Waals surface area contributed by atoms with Crippen LogP contribution in [0.4, 0.5) is 0 Å². The van der Waals surface area contributed by atoms with Crippen LogP contribution >= 0.6 is 0 Å². The minimum atomic E-state index is -3.39. The van der Waals surface area contributed by atoms with Gasteiger partial charge in [-0.25, -0.2) is 8.42 Å². The summed E-state index contributed by atoms with van der Waals surface area (Å²) in [5.41, 5.74) is 7.22. The number of sulfonamides is 1. The molecule has 106 valence electrons. The zero-order valence-corrected chi connectivity index (χ0v) is 11.6. The van der Waals surface area contributed by atoms with Gasteiger partial charge in [-0.05, 0) is 24.0 Å². The number of aliphatic hydroxyl groups is 1. The van der Waals surface area contributed by atoms with Crippen LogP contribution < -0.4 is 5.73 Å². The molecule has 0 bridgehead atoms. The third kappa shape index (κ3) is 3.14. The largest absolute Gasteiger partial charge is 0.395 e. The fraction of sp³-hybridized carbons (Fsp3) is 0.538. The third-order valence-electron chi connectivity index (χ3n) is 3.57. The van der Waals surface area contributed by atoms with Crippen molar-refractivity contribution in [3.05, 3.63) is 35.4 Å². The van der Waals surface area contributed by atoms with Gasteiger partial charge in [-0.1, -0.05) is 24.3 Å². The molecule has 0 radical (unpaired) electrons.